The minimum atomic E-state index is -0.907. The van der Waals surface area contributed by atoms with E-state index in [0.717, 1.165) is 22.3 Å². The van der Waals surface area contributed by atoms with E-state index in [1.807, 2.05) is 42.5 Å². The third-order valence-electron chi connectivity index (χ3n) is 8.09. The van der Waals surface area contributed by atoms with Crippen molar-refractivity contribution in [3.63, 3.8) is 0 Å². The Bertz CT molecular complexity index is 1290. The van der Waals surface area contributed by atoms with Gasteiger partial charge in [-0.2, -0.15) is 0 Å². The molecule has 4 unspecified atom stereocenters. The number of methoxy groups -OCH3 is 4. The maximum absolute atomic E-state index is 14.1. The number of fused-ring (bicyclic) bond motifs is 2. The van der Waals surface area contributed by atoms with E-state index in [1.165, 1.54) is 0 Å². The van der Waals surface area contributed by atoms with Crippen LogP contribution in [0.4, 0.5) is 10.5 Å². The number of aliphatic hydroxyl groups is 2. The van der Waals surface area contributed by atoms with Gasteiger partial charge in [0.15, 0.2) is 0 Å². The van der Waals surface area contributed by atoms with Crippen LogP contribution in [-0.4, -0.2) is 73.9 Å². The number of hydrogen-bond acceptors (Lipinski definition) is 7. The Labute approximate surface area is 234 Å². The van der Waals surface area contributed by atoms with Gasteiger partial charge in [0.1, 0.15) is 23.0 Å². The van der Waals surface area contributed by atoms with Crippen LogP contribution in [0.1, 0.15) is 22.3 Å². The average Bonchev–Trinajstić information content (AvgIpc) is 2.97. The van der Waals surface area contributed by atoms with Crippen molar-refractivity contribution in [1.29, 1.82) is 0 Å². The second kappa shape index (κ2) is 11.7. The van der Waals surface area contributed by atoms with Crippen molar-refractivity contribution in [2.24, 2.45) is 0 Å². The smallest absolute Gasteiger partial charge is 0.322 e. The lowest BCUT2D eigenvalue weighted by Crippen LogP contribution is -2.61. The number of ether oxygens (including phenoxy) is 4. The van der Waals surface area contributed by atoms with Gasteiger partial charge < -0.3 is 39.4 Å². The average molecular weight is 549 g/mol. The molecule has 0 spiro atoms. The number of nitrogens with one attached hydrogen (secondary N) is 1. The number of anilines is 1. The molecule has 0 fully saturated rings. The van der Waals surface area contributed by atoms with Crippen molar-refractivity contribution >= 4 is 11.7 Å². The van der Waals surface area contributed by atoms with Gasteiger partial charge in [0.05, 0.1) is 52.7 Å². The van der Waals surface area contributed by atoms with Crippen molar-refractivity contribution in [2.75, 3.05) is 33.8 Å². The van der Waals surface area contributed by atoms with Crippen LogP contribution < -0.4 is 24.3 Å². The Morgan fingerprint density at radius 1 is 0.650 bits per heavy atom. The summed E-state index contributed by atoms with van der Waals surface area (Å²) in [7, 11) is 6.39. The van der Waals surface area contributed by atoms with Gasteiger partial charge in [-0.05, 0) is 49.2 Å². The van der Waals surface area contributed by atoms with E-state index in [0.29, 0.717) is 41.5 Å². The number of nitrogens with zero attached hydrogens (tertiary/aromatic N) is 1. The van der Waals surface area contributed by atoms with Gasteiger partial charge in [-0.1, -0.05) is 18.2 Å². The third-order valence-corrected chi connectivity index (χ3v) is 8.09. The van der Waals surface area contributed by atoms with E-state index in [9.17, 15) is 15.0 Å². The molecule has 5 rings (SSSR count). The summed E-state index contributed by atoms with van der Waals surface area (Å²) in [6, 6.07) is 14.8. The van der Waals surface area contributed by atoms with E-state index in [1.54, 1.807) is 45.5 Å². The van der Waals surface area contributed by atoms with Crippen molar-refractivity contribution in [3.8, 4) is 23.0 Å². The Morgan fingerprint density at radius 2 is 1.02 bits per heavy atom. The fourth-order valence-corrected chi connectivity index (χ4v) is 6.16. The molecule has 0 saturated heterocycles. The van der Waals surface area contributed by atoms with Gasteiger partial charge in [-0.25, -0.2) is 4.79 Å². The molecule has 4 atom stereocenters. The van der Waals surface area contributed by atoms with E-state index in [2.05, 4.69) is 5.32 Å². The van der Waals surface area contributed by atoms with Crippen molar-refractivity contribution in [2.45, 2.75) is 50.0 Å². The van der Waals surface area contributed by atoms with Crippen LogP contribution in [0, 0.1) is 0 Å². The fraction of sp³-hybridized carbons (Fsp3) is 0.387. The summed E-state index contributed by atoms with van der Waals surface area (Å²) in [6.07, 6.45) is -0.626. The highest BCUT2D eigenvalue weighted by Gasteiger charge is 2.44. The predicted octanol–water partition coefficient (Wildman–Crippen LogP) is 3.61. The first kappa shape index (κ1) is 27.6. The summed E-state index contributed by atoms with van der Waals surface area (Å²) in [5.41, 5.74) is 4.08. The lowest BCUT2D eigenvalue weighted by atomic mass is 9.80. The number of carbonyl (C=O) groups is 1. The van der Waals surface area contributed by atoms with Gasteiger partial charge in [0.2, 0.25) is 0 Å². The Balaban J connectivity index is 1.58. The van der Waals surface area contributed by atoms with Gasteiger partial charge in [-0.3, -0.25) is 0 Å². The van der Waals surface area contributed by atoms with Gasteiger partial charge >= 0.3 is 6.03 Å². The molecule has 212 valence electrons. The lowest BCUT2D eigenvalue weighted by Gasteiger charge is -2.46. The zero-order valence-corrected chi connectivity index (χ0v) is 23.2. The standard InChI is InChI=1S/C31H36N2O7/c1-37-27-10-12-29(39-3)21-16-25(34)23(14-19(21)27)33(31(36)32-18-8-6-5-7-9-18)24-15-20-22(17-26(24)35)30(40-4)13-11-28(20)38-2/h5-13,23-26,34-35H,14-17H2,1-4H3,(H,32,36). The van der Waals surface area contributed by atoms with Crippen LogP contribution in [0.2, 0.25) is 0 Å². The van der Waals surface area contributed by atoms with E-state index < -0.39 is 30.3 Å². The monoisotopic (exact) mass is 548 g/mol. The van der Waals surface area contributed by atoms with Crippen LogP contribution in [0.25, 0.3) is 0 Å². The molecule has 2 amide bonds. The Kier molecular flexibility index (Phi) is 8.04. The molecule has 0 radical (unpaired) electrons. The third kappa shape index (κ3) is 5.02. The summed E-state index contributed by atoms with van der Waals surface area (Å²) < 4.78 is 22.5. The number of benzene rings is 3. The number of aliphatic hydroxyl groups excluding tert-OH is 2. The quantitative estimate of drug-likeness (QED) is 0.414. The maximum atomic E-state index is 14.1. The SMILES string of the molecule is COc1ccc(OC)c2c1CC(O)C(N(C(=O)Nc1ccccc1)C1Cc3c(OC)ccc(OC)c3CC1O)C2. The van der Waals surface area contributed by atoms with Crippen molar-refractivity contribution in [3.05, 3.63) is 76.9 Å². The highest BCUT2D eigenvalue weighted by molar-refractivity contribution is 5.90. The molecule has 3 aromatic carbocycles. The summed E-state index contributed by atoms with van der Waals surface area (Å²) in [5, 5.41) is 26.1. The largest absolute Gasteiger partial charge is 0.496 e. The zero-order valence-electron chi connectivity index (χ0n) is 23.2. The Morgan fingerprint density at radius 3 is 1.40 bits per heavy atom. The topological polar surface area (TPSA) is 110 Å². The van der Waals surface area contributed by atoms with Crippen LogP contribution >= 0.6 is 0 Å². The highest BCUT2D eigenvalue weighted by Crippen LogP contribution is 2.41. The molecule has 40 heavy (non-hydrogen) atoms. The molecule has 9 heteroatoms. The normalized spacial score (nSPS) is 21.4. The van der Waals surface area contributed by atoms with Gasteiger partial charge in [0.25, 0.3) is 0 Å². The lowest BCUT2D eigenvalue weighted by molar-refractivity contribution is -0.00208. The van der Waals surface area contributed by atoms with E-state index in [4.69, 9.17) is 18.9 Å². The van der Waals surface area contributed by atoms with Gasteiger partial charge in [0, 0.05) is 40.8 Å². The molecule has 0 saturated carbocycles. The highest BCUT2D eigenvalue weighted by atomic mass is 16.5. The summed E-state index contributed by atoms with van der Waals surface area (Å²) in [4.78, 5) is 15.7. The molecule has 0 aliphatic heterocycles. The summed E-state index contributed by atoms with van der Waals surface area (Å²) in [5.74, 6) is 2.66. The molecule has 2 aliphatic carbocycles. The predicted molar refractivity (Wildman–Crippen MR) is 151 cm³/mol. The molecule has 3 N–H and O–H groups in total. The van der Waals surface area contributed by atoms with Gasteiger partial charge in [-0.15, -0.1) is 0 Å². The van der Waals surface area contributed by atoms with Crippen LogP contribution in [0.5, 0.6) is 23.0 Å². The number of para-hydroxylation sites is 1. The number of amides is 2. The molecule has 9 nitrogen and oxygen atoms in total. The van der Waals surface area contributed by atoms with Crippen LogP contribution in [0.3, 0.4) is 0 Å². The number of rotatable bonds is 7. The minimum Gasteiger partial charge on any atom is -0.496 e. The second-order valence-corrected chi connectivity index (χ2v) is 10.1. The molecular formula is C31H36N2O7. The van der Waals surface area contributed by atoms with E-state index in [-0.39, 0.29) is 12.8 Å². The fourth-order valence-electron chi connectivity index (χ4n) is 6.16. The second-order valence-electron chi connectivity index (χ2n) is 10.1. The number of carbonyl (C=O) groups excluding carboxylic acids is 1. The summed E-state index contributed by atoms with van der Waals surface area (Å²) in [6.45, 7) is 0. The number of urea groups is 1. The molecule has 3 aromatic rings. The van der Waals surface area contributed by atoms with E-state index >= 15 is 0 Å². The molecular weight excluding hydrogens is 512 g/mol. The number of hydrogen-bond donors (Lipinski definition) is 3. The first-order valence-corrected chi connectivity index (χ1v) is 13.4. The van der Waals surface area contributed by atoms with Crippen molar-refractivity contribution in [1.82, 2.24) is 4.90 Å². The first-order chi connectivity index (χ1) is 19.4. The molecule has 0 aromatic heterocycles. The zero-order chi connectivity index (χ0) is 28.4. The first-order valence-electron chi connectivity index (χ1n) is 13.4. The van der Waals surface area contributed by atoms with Crippen LogP contribution in [-0.2, 0) is 25.7 Å². The molecule has 0 bridgehead atoms. The minimum absolute atomic E-state index is 0.270. The summed E-state index contributed by atoms with van der Waals surface area (Å²) >= 11 is 0. The molecule has 0 heterocycles. The molecule has 2 aliphatic rings. The van der Waals surface area contributed by atoms with Crippen molar-refractivity contribution < 1.29 is 34.0 Å². The maximum Gasteiger partial charge on any atom is 0.322 e. The van der Waals surface area contributed by atoms with Crippen LogP contribution in [0.15, 0.2) is 54.6 Å². The Hall–Kier alpha value is -3.95.